The Bertz CT molecular complexity index is 1430. The predicted molar refractivity (Wildman–Crippen MR) is 131 cm³/mol. The molecule has 0 aliphatic heterocycles. The first-order valence-electron chi connectivity index (χ1n) is 11.6. The van der Waals surface area contributed by atoms with E-state index in [0.717, 1.165) is 18.2 Å². The summed E-state index contributed by atoms with van der Waals surface area (Å²) in [5, 5.41) is 10.5. The summed E-state index contributed by atoms with van der Waals surface area (Å²) in [6.45, 7) is 4.88. The van der Waals surface area contributed by atoms with Gasteiger partial charge in [0.05, 0.1) is 23.4 Å². The maximum Gasteiger partial charge on any atom is 0.417 e. The van der Waals surface area contributed by atoms with Crippen LogP contribution in [0, 0.1) is 0 Å². The molecule has 0 bridgehead atoms. The number of rotatable bonds is 6. The van der Waals surface area contributed by atoms with Gasteiger partial charge in [-0.2, -0.15) is 26.3 Å². The molecule has 1 aromatic heterocycles. The average molecular weight is 535 g/mol. The lowest BCUT2D eigenvalue weighted by atomic mass is 10.0. The lowest BCUT2D eigenvalue weighted by molar-refractivity contribution is -0.138. The standard InChI is InChI=1S/C28H24F6N2O2/c1-4-38-23-14-11-18(27(29,30)31)15-21(23)17-9-12-19(13-10-17)36-16-24(26(2,3)37)35-25(36)20-7-5-6-8-22(20)28(32,33)34/h5-16,37H,4H2,1-3H3. The van der Waals surface area contributed by atoms with Gasteiger partial charge in [-0.25, -0.2) is 4.98 Å². The molecule has 0 atom stereocenters. The van der Waals surface area contributed by atoms with E-state index in [1.54, 1.807) is 31.2 Å². The SMILES string of the molecule is CCOc1ccc(C(F)(F)F)cc1-c1ccc(-n2cc(C(C)(C)O)nc2-c2ccccc2C(F)(F)F)cc1. The van der Waals surface area contributed by atoms with Gasteiger partial charge in [-0.1, -0.05) is 30.3 Å². The Kier molecular flexibility index (Phi) is 7.05. The van der Waals surface area contributed by atoms with Crippen molar-refractivity contribution in [2.24, 2.45) is 0 Å². The summed E-state index contributed by atoms with van der Waals surface area (Å²) in [5.74, 6) is 0.219. The van der Waals surface area contributed by atoms with Crippen LogP contribution in [0.4, 0.5) is 26.3 Å². The zero-order valence-corrected chi connectivity index (χ0v) is 20.7. The van der Waals surface area contributed by atoms with E-state index in [1.165, 1.54) is 48.9 Å². The fourth-order valence-electron chi connectivity index (χ4n) is 4.00. The van der Waals surface area contributed by atoms with Crippen molar-refractivity contribution in [1.82, 2.24) is 9.55 Å². The smallest absolute Gasteiger partial charge is 0.417 e. The molecule has 0 saturated heterocycles. The lowest BCUT2D eigenvalue weighted by Crippen LogP contribution is -2.15. The van der Waals surface area contributed by atoms with Gasteiger partial charge in [0.2, 0.25) is 0 Å². The lowest BCUT2D eigenvalue weighted by Gasteiger charge is -2.16. The summed E-state index contributed by atoms with van der Waals surface area (Å²) in [6, 6.07) is 14.4. The first kappa shape index (κ1) is 27.3. The molecule has 10 heteroatoms. The third-order valence-corrected chi connectivity index (χ3v) is 5.87. The van der Waals surface area contributed by atoms with Crippen LogP contribution >= 0.6 is 0 Å². The summed E-state index contributed by atoms with van der Waals surface area (Å²) in [7, 11) is 0. The molecule has 1 N–H and O–H groups in total. The first-order valence-corrected chi connectivity index (χ1v) is 11.6. The van der Waals surface area contributed by atoms with Crippen LogP contribution in [-0.4, -0.2) is 21.3 Å². The van der Waals surface area contributed by atoms with E-state index in [1.807, 2.05) is 0 Å². The van der Waals surface area contributed by atoms with Gasteiger partial charge in [0, 0.05) is 23.0 Å². The molecule has 200 valence electrons. The maximum absolute atomic E-state index is 13.8. The Morgan fingerprint density at radius 3 is 2.08 bits per heavy atom. The minimum Gasteiger partial charge on any atom is -0.493 e. The zero-order valence-electron chi connectivity index (χ0n) is 20.7. The van der Waals surface area contributed by atoms with Crippen molar-refractivity contribution in [3.8, 4) is 34.0 Å². The topological polar surface area (TPSA) is 47.3 Å². The van der Waals surface area contributed by atoms with Crippen molar-refractivity contribution in [3.05, 3.63) is 89.7 Å². The van der Waals surface area contributed by atoms with E-state index < -0.39 is 29.1 Å². The number of nitrogens with zero attached hydrogens (tertiary/aromatic N) is 2. The maximum atomic E-state index is 13.8. The largest absolute Gasteiger partial charge is 0.493 e. The number of alkyl halides is 6. The molecule has 38 heavy (non-hydrogen) atoms. The highest BCUT2D eigenvalue weighted by Crippen LogP contribution is 2.40. The highest BCUT2D eigenvalue weighted by molar-refractivity contribution is 5.73. The fraction of sp³-hybridized carbons (Fsp3) is 0.250. The highest BCUT2D eigenvalue weighted by Gasteiger charge is 2.35. The van der Waals surface area contributed by atoms with Crippen molar-refractivity contribution in [3.63, 3.8) is 0 Å². The monoisotopic (exact) mass is 534 g/mol. The van der Waals surface area contributed by atoms with Crippen LogP contribution in [0.3, 0.4) is 0 Å². The van der Waals surface area contributed by atoms with Crippen LogP contribution < -0.4 is 4.74 Å². The highest BCUT2D eigenvalue weighted by atomic mass is 19.4. The Morgan fingerprint density at radius 1 is 0.842 bits per heavy atom. The van der Waals surface area contributed by atoms with Crippen LogP contribution in [-0.2, 0) is 18.0 Å². The summed E-state index contributed by atoms with van der Waals surface area (Å²) in [5.41, 5.74) is -2.18. The molecular formula is C28H24F6N2O2. The fourth-order valence-corrected chi connectivity index (χ4v) is 4.00. The number of imidazole rings is 1. The molecule has 1 heterocycles. The molecule has 0 radical (unpaired) electrons. The molecule has 0 aliphatic carbocycles. The predicted octanol–water partition coefficient (Wildman–Crippen LogP) is 7.87. The summed E-state index contributed by atoms with van der Waals surface area (Å²) >= 11 is 0. The van der Waals surface area contributed by atoms with Crippen LogP contribution in [0.15, 0.2) is 72.9 Å². The van der Waals surface area contributed by atoms with E-state index in [2.05, 4.69) is 4.98 Å². The van der Waals surface area contributed by atoms with Crippen LogP contribution in [0.2, 0.25) is 0 Å². The zero-order chi connectivity index (χ0) is 27.9. The van der Waals surface area contributed by atoms with Gasteiger partial charge < -0.3 is 9.84 Å². The Morgan fingerprint density at radius 2 is 1.50 bits per heavy atom. The molecule has 4 rings (SSSR count). The third kappa shape index (κ3) is 5.55. The van der Waals surface area contributed by atoms with Gasteiger partial charge in [0.25, 0.3) is 0 Å². The quantitative estimate of drug-likeness (QED) is 0.256. The average Bonchev–Trinajstić information content (AvgIpc) is 3.30. The van der Waals surface area contributed by atoms with Gasteiger partial charge >= 0.3 is 12.4 Å². The van der Waals surface area contributed by atoms with E-state index >= 15 is 0 Å². The third-order valence-electron chi connectivity index (χ3n) is 5.87. The van der Waals surface area contributed by atoms with Crippen LogP contribution in [0.1, 0.15) is 37.6 Å². The molecule has 4 nitrogen and oxygen atoms in total. The van der Waals surface area contributed by atoms with Crippen molar-refractivity contribution in [2.45, 2.75) is 38.7 Å². The van der Waals surface area contributed by atoms with Gasteiger partial charge in [0.1, 0.15) is 17.2 Å². The van der Waals surface area contributed by atoms with Crippen molar-refractivity contribution in [1.29, 1.82) is 0 Å². The molecule has 0 spiro atoms. The molecule has 0 amide bonds. The molecule has 0 unspecified atom stereocenters. The second kappa shape index (κ2) is 9.83. The normalized spacial score (nSPS) is 12.6. The summed E-state index contributed by atoms with van der Waals surface area (Å²) in [4.78, 5) is 4.33. The van der Waals surface area contributed by atoms with Gasteiger partial charge in [-0.05, 0) is 62.7 Å². The van der Waals surface area contributed by atoms with Crippen LogP contribution in [0.25, 0.3) is 28.2 Å². The van der Waals surface area contributed by atoms with Gasteiger partial charge in [-0.3, -0.25) is 4.57 Å². The molecule has 0 saturated carbocycles. The summed E-state index contributed by atoms with van der Waals surface area (Å²) in [6.07, 6.45) is -7.76. The Hall–Kier alpha value is -3.79. The van der Waals surface area contributed by atoms with E-state index in [-0.39, 0.29) is 35.0 Å². The molecule has 0 fully saturated rings. The number of ether oxygens (including phenoxy) is 1. The van der Waals surface area contributed by atoms with Crippen molar-refractivity contribution < 1.29 is 36.2 Å². The number of aliphatic hydroxyl groups is 1. The van der Waals surface area contributed by atoms with Crippen molar-refractivity contribution >= 4 is 0 Å². The van der Waals surface area contributed by atoms with Gasteiger partial charge in [0.15, 0.2) is 0 Å². The molecule has 0 aliphatic rings. The van der Waals surface area contributed by atoms with Crippen LogP contribution in [0.5, 0.6) is 5.75 Å². The summed E-state index contributed by atoms with van der Waals surface area (Å²) < 4.78 is 88.4. The first-order chi connectivity index (χ1) is 17.7. The second-order valence-corrected chi connectivity index (χ2v) is 9.11. The molecular weight excluding hydrogens is 510 g/mol. The minimum absolute atomic E-state index is 0.0446. The second-order valence-electron chi connectivity index (χ2n) is 9.11. The van der Waals surface area contributed by atoms with E-state index in [9.17, 15) is 31.4 Å². The number of hydrogen-bond acceptors (Lipinski definition) is 3. The number of aromatic nitrogens is 2. The number of halogens is 6. The van der Waals surface area contributed by atoms with E-state index in [0.29, 0.717) is 11.3 Å². The van der Waals surface area contributed by atoms with Gasteiger partial charge in [-0.15, -0.1) is 0 Å². The number of hydrogen-bond donors (Lipinski definition) is 1. The van der Waals surface area contributed by atoms with Crippen molar-refractivity contribution in [2.75, 3.05) is 6.61 Å². The Balaban J connectivity index is 1.86. The van der Waals surface area contributed by atoms with E-state index in [4.69, 9.17) is 4.74 Å². The minimum atomic E-state index is -4.65. The number of benzene rings is 3. The Labute approximate surface area is 215 Å². The molecule has 3 aromatic carbocycles. The molecule has 4 aromatic rings.